The van der Waals surface area contributed by atoms with Crippen LogP contribution in [0.1, 0.15) is 51.4 Å². The molecule has 1 amide bonds. The maximum atomic E-state index is 15.6. The minimum absolute atomic E-state index is 0.0484. The van der Waals surface area contributed by atoms with Gasteiger partial charge in [-0.1, -0.05) is 26.8 Å². The summed E-state index contributed by atoms with van der Waals surface area (Å²) in [6.07, 6.45) is 0.751. The van der Waals surface area contributed by atoms with Gasteiger partial charge in [0, 0.05) is 23.7 Å². The molecule has 3 N–H and O–H groups in total. The Morgan fingerprint density at radius 1 is 1.20 bits per heavy atom. The van der Waals surface area contributed by atoms with E-state index in [4.69, 9.17) is 10.5 Å². The zero-order valence-corrected chi connectivity index (χ0v) is 23.9. The number of carbonyl (C=O) groups is 1. The number of sulfonamides is 1. The molecule has 1 saturated heterocycles. The van der Waals surface area contributed by atoms with E-state index in [1.807, 2.05) is 44.2 Å². The summed E-state index contributed by atoms with van der Waals surface area (Å²) in [4.78, 5) is 23.5. The smallest absolute Gasteiger partial charge is 0.281 e. The molecule has 1 fully saturated rings. The number of hydrogen-bond acceptors (Lipinski definition) is 8. The lowest BCUT2D eigenvalue weighted by atomic mass is 9.97. The largest absolute Gasteiger partial charge is 0.493 e. The molecule has 1 aliphatic heterocycles. The van der Waals surface area contributed by atoms with Crippen LogP contribution in [0.15, 0.2) is 47.5 Å². The van der Waals surface area contributed by atoms with Gasteiger partial charge < -0.3 is 15.4 Å². The number of pyridine rings is 2. The first-order valence-electron chi connectivity index (χ1n) is 12.9. The Balaban J connectivity index is 1.82. The molecule has 12 heteroatoms. The first-order chi connectivity index (χ1) is 18.7. The fraction of sp³-hybridized carbons (Fsp3) is 0.393. The van der Waals surface area contributed by atoms with Crippen LogP contribution in [0, 0.1) is 23.5 Å². The highest BCUT2D eigenvalue weighted by molar-refractivity contribution is 7.90. The summed E-state index contributed by atoms with van der Waals surface area (Å²) in [7, 11) is -4.44. The van der Waals surface area contributed by atoms with Gasteiger partial charge in [-0.3, -0.25) is 4.79 Å². The van der Waals surface area contributed by atoms with Crippen molar-refractivity contribution in [1.82, 2.24) is 14.7 Å². The van der Waals surface area contributed by atoms with Crippen molar-refractivity contribution in [2.75, 3.05) is 23.8 Å². The standard InChI is InChI=1S/C28H33F2N5O4S/c1-16(2)15-39-20-10-18(9-19(29)11-20)25-22(30)12-21(26(33-25)35-14-17(3)13-28(35,4)5)27(36)34-40(37,38)24-8-6-7-23(31)32-24/h6-12,16-17H,13-15H2,1-5H3,(H2,31,32)(H,34,36)/t17-/m0/s1. The summed E-state index contributed by atoms with van der Waals surface area (Å²) in [5, 5.41) is -0.462. The van der Waals surface area contributed by atoms with E-state index in [0.29, 0.717) is 13.2 Å². The molecule has 214 valence electrons. The normalized spacial score (nSPS) is 16.8. The summed E-state index contributed by atoms with van der Waals surface area (Å²) in [6.45, 7) is 10.7. The Labute approximate surface area is 232 Å². The van der Waals surface area contributed by atoms with Crippen LogP contribution < -0.4 is 20.1 Å². The average molecular weight is 574 g/mol. The van der Waals surface area contributed by atoms with E-state index in [1.165, 1.54) is 30.3 Å². The van der Waals surface area contributed by atoms with Gasteiger partial charge in [0.2, 0.25) is 0 Å². The van der Waals surface area contributed by atoms with Gasteiger partial charge in [-0.15, -0.1) is 0 Å². The van der Waals surface area contributed by atoms with E-state index in [2.05, 4.69) is 9.97 Å². The third-order valence-electron chi connectivity index (χ3n) is 6.50. The van der Waals surface area contributed by atoms with E-state index in [0.717, 1.165) is 18.6 Å². The van der Waals surface area contributed by atoms with Crippen LogP contribution in [0.4, 0.5) is 20.4 Å². The SMILES string of the molecule is CC(C)COc1cc(F)cc(-c2nc(N3C[C@@H](C)CC3(C)C)c(C(=O)NS(=O)(=O)c3cccc(N)n3)cc2F)c1. The molecule has 3 heterocycles. The van der Waals surface area contributed by atoms with Gasteiger partial charge in [0.25, 0.3) is 15.9 Å². The molecule has 3 aromatic rings. The second kappa shape index (κ2) is 11.0. The molecule has 4 rings (SSSR count). The molecule has 0 radical (unpaired) electrons. The van der Waals surface area contributed by atoms with Gasteiger partial charge in [-0.25, -0.2) is 23.5 Å². The van der Waals surface area contributed by atoms with Crippen molar-refractivity contribution in [2.24, 2.45) is 11.8 Å². The molecule has 0 unspecified atom stereocenters. The fourth-order valence-corrected chi connectivity index (χ4v) is 5.81. The second-order valence-corrected chi connectivity index (χ2v) is 12.8. The monoisotopic (exact) mass is 573 g/mol. The van der Waals surface area contributed by atoms with Crippen molar-refractivity contribution in [2.45, 2.75) is 51.6 Å². The minimum atomic E-state index is -4.44. The van der Waals surface area contributed by atoms with Crippen LogP contribution in [0.25, 0.3) is 11.3 Å². The number of anilines is 2. The number of nitrogen functional groups attached to an aromatic ring is 1. The highest BCUT2D eigenvalue weighted by Crippen LogP contribution is 2.39. The second-order valence-electron chi connectivity index (χ2n) is 11.1. The van der Waals surface area contributed by atoms with E-state index in [9.17, 15) is 17.6 Å². The van der Waals surface area contributed by atoms with Crippen LogP contribution >= 0.6 is 0 Å². The minimum Gasteiger partial charge on any atom is -0.493 e. The lowest BCUT2D eigenvalue weighted by molar-refractivity contribution is 0.0981. The number of nitrogens with two attached hydrogens (primary N) is 1. The van der Waals surface area contributed by atoms with Gasteiger partial charge in [0.15, 0.2) is 5.03 Å². The summed E-state index contributed by atoms with van der Waals surface area (Å²) in [5.74, 6) is -2.02. The highest BCUT2D eigenvalue weighted by Gasteiger charge is 2.40. The number of amides is 1. The summed E-state index contributed by atoms with van der Waals surface area (Å²) in [5.41, 5.74) is 4.75. The van der Waals surface area contributed by atoms with Crippen LogP contribution in [0.3, 0.4) is 0 Å². The Kier molecular flexibility index (Phi) is 8.02. The van der Waals surface area contributed by atoms with Crippen LogP contribution in [-0.2, 0) is 10.0 Å². The Bertz CT molecular complexity index is 1550. The lowest BCUT2D eigenvalue weighted by Crippen LogP contribution is -2.41. The number of halogens is 2. The van der Waals surface area contributed by atoms with Crippen molar-refractivity contribution >= 4 is 27.6 Å². The van der Waals surface area contributed by atoms with Gasteiger partial charge in [-0.2, -0.15) is 8.42 Å². The predicted molar refractivity (Wildman–Crippen MR) is 148 cm³/mol. The zero-order valence-electron chi connectivity index (χ0n) is 23.0. The number of hydrogen-bond donors (Lipinski definition) is 2. The number of nitrogens with one attached hydrogen (secondary N) is 1. The lowest BCUT2D eigenvalue weighted by Gasteiger charge is -2.34. The Morgan fingerprint density at radius 3 is 2.55 bits per heavy atom. The summed E-state index contributed by atoms with van der Waals surface area (Å²) in [6, 6.07) is 8.71. The molecule has 9 nitrogen and oxygen atoms in total. The van der Waals surface area contributed by atoms with Crippen molar-refractivity contribution in [3.05, 3.63) is 59.7 Å². The molecule has 0 bridgehead atoms. The molecule has 1 atom stereocenters. The molecule has 40 heavy (non-hydrogen) atoms. The van der Waals surface area contributed by atoms with Crippen molar-refractivity contribution in [3.8, 4) is 17.0 Å². The zero-order chi connectivity index (χ0) is 29.4. The molecule has 1 aliphatic rings. The maximum Gasteiger partial charge on any atom is 0.281 e. The van der Waals surface area contributed by atoms with Crippen LogP contribution in [0.5, 0.6) is 5.75 Å². The third kappa shape index (κ3) is 6.33. The Morgan fingerprint density at radius 2 is 1.93 bits per heavy atom. The van der Waals surface area contributed by atoms with Gasteiger partial charge in [0.1, 0.15) is 34.7 Å². The van der Waals surface area contributed by atoms with Crippen molar-refractivity contribution in [3.63, 3.8) is 0 Å². The molecule has 0 saturated carbocycles. The van der Waals surface area contributed by atoms with E-state index < -0.39 is 38.1 Å². The summed E-state index contributed by atoms with van der Waals surface area (Å²) >= 11 is 0. The molecular formula is C28H33F2N5O4S. The van der Waals surface area contributed by atoms with E-state index in [-0.39, 0.29) is 46.0 Å². The number of benzene rings is 1. The number of rotatable bonds is 8. The van der Waals surface area contributed by atoms with Crippen molar-refractivity contribution < 1.29 is 26.7 Å². The van der Waals surface area contributed by atoms with Crippen LogP contribution in [0.2, 0.25) is 0 Å². The maximum absolute atomic E-state index is 15.6. The third-order valence-corrected chi connectivity index (χ3v) is 7.74. The van der Waals surface area contributed by atoms with Crippen molar-refractivity contribution in [1.29, 1.82) is 0 Å². The summed E-state index contributed by atoms with van der Waals surface area (Å²) < 4.78 is 63.6. The number of ether oxygens (including phenoxy) is 1. The highest BCUT2D eigenvalue weighted by atomic mass is 32.2. The van der Waals surface area contributed by atoms with Gasteiger partial charge >= 0.3 is 0 Å². The molecule has 2 aromatic heterocycles. The van der Waals surface area contributed by atoms with Gasteiger partial charge in [-0.05, 0) is 62.4 Å². The first-order valence-corrected chi connectivity index (χ1v) is 14.4. The number of carbonyl (C=O) groups excluding carboxylic acids is 1. The first kappa shape index (κ1) is 29.2. The van der Waals surface area contributed by atoms with E-state index in [1.54, 1.807) is 0 Å². The fourth-order valence-electron chi connectivity index (χ4n) is 4.87. The number of aromatic nitrogens is 2. The Hall–Kier alpha value is -3.80. The molecule has 0 spiro atoms. The quantitative estimate of drug-likeness (QED) is 0.394. The molecule has 0 aliphatic carbocycles. The van der Waals surface area contributed by atoms with Gasteiger partial charge in [0.05, 0.1) is 12.2 Å². The molecular weight excluding hydrogens is 540 g/mol. The topological polar surface area (TPSA) is 128 Å². The average Bonchev–Trinajstić information content (AvgIpc) is 3.13. The molecule has 1 aromatic carbocycles. The predicted octanol–water partition coefficient (Wildman–Crippen LogP) is 4.78. The van der Waals surface area contributed by atoms with E-state index >= 15 is 4.39 Å². The number of nitrogens with zero attached hydrogens (tertiary/aromatic N) is 3. The van der Waals surface area contributed by atoms with Crippen LogP contribution in [-0.4, -0.2) is 43.0 Å².